The van der Waals surface area contributed by atoms with Gasteiger partial charge in [0.1, 0.15) is 6.61 Å². The number of nitrogens with two attached hydrogens (primary N) is 1. The maximum atomic E-state index is 9.50. The van der Waals surface area contributed by atoms with Gasteiger partial charge < -0.3 is 15.8 Å². The molecule has 10 atom stereocenters. The number of allylic oxidation sites excluding steroid dienone is 5. The molecule has 6 aliphatic rings. The molecular weight excluding hydrogens is 616 g/mol. The summed E-state index contributed by atoms with van der Waals surface area (Å²) in [7, 11) is 2.76. The monoisotopic (exact) mass is 693 g/mol. The highest BCUT2D eigenvalue weighted by atomic mass is 19.1. The van der Waals surface area contributed by atoms with Crippen molar-refractivity contribution in [2.45, 2.75) is 137 Å². The van der Waals surface area contributed by atoms with E-state index in [1.807, 2.05) is 39.0 Å². The molecule has 3 N–H and O–H groups in total. The number of hydrogen-bond acceptors (Lipinski definition) is 3. The standard InChI is InChI=1S/C32H51N.C9H14O.C2H7N.C2H2.CH3F/c1-21-8-10-22(11-9-21)26-17-20-31(3)28-14-12-24-23(16-19-30(2)18-6-7-27(24)30)25(28)13-15-29(31)32(26,4)33-5;1-4-6-7-9(3)8-10-5-2;1-2-3;2*1-2/h10,17,21,23-25,27-29,33H,6-9,11-16,18-20H2,1-5H3;4-7H,2,8H2,1,3H3;2-3H2,1H3;1-2H;1H3/b;6-4-,9-7+;;;. The molecule has 10 unspecified atom stereocenters. The van der Waals surface area contributed by atoms with Gasteiger partial charge in [-0.2, -0.15) is 0 Å². The normalized spacial score (nSPS) is 38.4. The van der Waals surface area contributed by atoms with Gasteiger partial charge in [-0.1, -0.05) is 71.1 Å². The highest BCUT2D eigenvalue weighted by Crippen LogP contribution is 2.68. The summed E-state index contributed by atoms with van der Waals surface area (Å²) in [6, 6.07) is 0. The minimum absolute atomic E-state index is 0.151. The molecule has 0 aromatic carbocycles. The summed E-state index contributed by atoms with van der Waals surface area (Å²) >= 11 is 0. The smallest absolute Gasteiger partial charge is 0.108 e. The summed E-state index contributed by atoms with van der Waals surface area (Å²) in [5, 5.41) is 3.94. The first-order chi connectivity index (χ1) is 24.0. The van der Waals surface area contributed by atoms with Crippen LogP contribution in [0.2, 0.25) is 0 Å². The number of alkyl halides is 1. The van der Waals surface area contributed by atoms with E-state index in [2.05, 4.69) is 71.6 Å². The lowest BCUT2D eigenvalue weighted by Gasteiger charge is -2.64. The molecule has 0 radical (unpaired) electrons. The van der Waals surface area contributed by atoms with E-state index in [0.29, 0.717) is 24.6 Å². The van der Waals surface area contributed by atoms with Gasteiger partial charge in [-0.25, -0.2) is 0 Å². The fraction of sp³-hybridized carbons (Fsp3) is 0.739. The van der Waals surface area contributed by atoms with Crippen molar-refractivity contribution in [1.29, 1.82) is 0 Å². The van der Waals surface area contributed by atoms with Crippen LogP contribution < -0.4 is 11.1 Å². The number of fused-ring (bicyclic) bond motifs is 7. The van der Waals surface area contributed by atoms with E-state index < -0.39 is 0 Å². The number of halogens is 1. The minimum atomic E-state index is 0.151. The molecule has 6 aliphatic carbocycles. The molecule has 0 spiro atoms. The maximum absolute atomic E-state index is 9.50. The van der Waals surface area contributed by atoms with Crippen molar-refractivity contribution in [3.05, 3.63) is 59.9 Å². The van der Waals surface area contributed by atoms with Crippen LogP contribution in [-0.4, -0.2) is 32.9 Å². The minimum Gasteiger partial charge on any atom is -0.497 e. The average molecular weight is 693 g/mol. The predicted molar refractivity (Wildman–Crippen MR) is 216 cm³/mol. The van der Waals surface area contributed by atoms with Gasteiger partial charge in [-0.15, -0.1) is 12.8 Å². The number of ether oxygens (including phenoxy) is 1. The fourth-order valence-electron chi connectivity index (χ4n) is 11.8. The van der Waals surface area contributed by atoms with E-state index in [9.17, 15) is 4.39 Å². The largest absolute Gasteiger partial charge is 0.497 e. The zero-order valence-electron chi connectivity index (χ0n) is 33.8. The quantitative estimate of drug-likeness (QED) is 0.165. The molecule has 0 aromatic heterocycles. The molecule has 0 aliphatic heterocycles. The zero-order chi connectivity index (χ0) is 37.5. The summed E-state index contributed by atoms with van der Waals surface area (Å²) in [4.78, 5) is 0. The van der Waals surface area contributed by atoms with E-state index in [1.165, 1.54) is 76.0 Å². The first kappa shape index (κ1) is 44.1. The molecule has 4 heteroatoms. The second-order valence-corrected chi connectivity index (χ2v) is 16.8. The van der Waals surface area contributed by atoms with Crippen LogP contribution in [0.3, 0.4) is 0 Å². The van der Waals surface area contributed by atoms with Crippen molar-refractivity contribution in [1.82, 2.24) is 5.32 Å². The van der Waals surface area contributed by atoms with Crippen LogP contribution >= 0.6 is 0 Å². The average Bonchev–Trinajstić information content (AvgIpc) is 3.54. The summed E-state index contributed by atoms with van der Waals surface area (Å²) in [5.41, 5.74) is 10.7. The molecule has 0 saturated heterocycles. The lowest BCUT2D eigenvalue weighted by molar-refractivity contribution is -0.124. The fourth-order valence-corrected chi connectivity index (χ4v) is 11.8. The Morgan fingerprint density at radius 1 is 1.00 bits per heavy atom. The molecule has 0 amide bonds. The zero-order valence-corrected chi connectivity index (χ0v) is 33.8. The molecular formula is C46H77FN2O. The number of terminal acetylenes is 1. The number of rotatable bonds is 6. The summed E-state index contributed by atoms with van der Waals surface area (Å²) in [6.07, 6.45) is 39.8. The Bertz CT molecular complexity index is 1180. The van der Waals surface area contributed by atoms with Crippen LogP contribution in [0, 0.1) is 65.1 Å². The molecule has 6 rings (SSSR count). The number of nitrogens with one attached hydrogen (secondary N) is 1. The number of likely N-dealkylation sites (N-methyl/N-ethyl adjacent to an activating group) is 1. The van der Waals surface area contributed by atoms with Gasteiger partial charge in [0.15, 0.2) is 0 Å². The van der Waals surface area contributed by atoms with Gasteiger partial charge in [0.2, 0.25) is 0 Å². The Hall–Kier alpha value is -2.09. The van der Waals surface area contributed by atoms with Gasteiger partial charge >= 0.3 is 0 Å². The van der Waals surface area contributed by atoms with Crippen LogP contribution in [0.25, 0.3) is 0 Å². The third-order valence-corrected chi connectivity index (χ3v) is 14.1. The summed E-state index contributed by atoms with van der Waals surface area (Å²) in [5.74, 6) is 6.79. The van der Waals surface area contributed by atoms with Crippen molar-refractivity contribution >= 4 is 0 Å². The topological polar surface area (TPSA) is 47.3 Å². The van der Waals surface area contributed by atoms with E-state index in [0.717, 1.165) is 48.0 Å². The first-order valence-corrected chi connectivity index (χ1v) is 20.0. The van der Waals surface area contributed by atoms with Crippen molar-refractivity contribution in [2.75, 3.05) is 27.4 Å². The Kier molecular flexibility index (Phi) is 18.4. The van der Waals surface area contributed by atoms with E-state index in [1.54, 1.807) is 30.4 Å². The molecule has 0 aromatic rings. The second-order valence-electron chi connectivity index (χ2n) is 16.8. The molecule has 4 fully saturated rings. The van der Waals surface area contributed by atoms with Gasteiger partial charge in [0.05, 0.1) is 13.4 Å². The molecule has 50 heavy (non-hydrogen) atoms. The van der Waals surface area contributed by atoms with Gasteiger partial charge in [-0.05, 0) is 180 Å². The predicted octanol–water partition coefficient (Wildman–Crippen LogP) is 11.8. The SMILES string of the molecule is C#C.C=COC/C(C)=C/C=C\C.CCN.CF.CNC1(C)C(C2=CCC(C)CC2)=CCC2(C)C3CCC4C(CCC5(C)CCCC45)C3CCC12. The first-order valence-electron chi connectivity index (χ1n) is 20.0. The highest BCUT2D eigenvalue weighted by Gasteiger charge is 2.61. The third kappa shape index (κ3) is 9.66. The van der Waals surface area contributed by atoms with Crippen LogP contribution in [0.4, 0.5) is 4.39 Å². The highest BCUT2D eigenvalue weighted by molar-refractivity contribution is 5.44. The summed E-state index contributed by atoms with van der Waals surface area (Å²) in [6.45, 7) is 21.1. The van der Waals surface area contributed by atoms with E-state index in [-0.39, 0.29) is 5.54 Å². The van der Waals surface area contributed by atoms with Crippen LogP contribution in [0.1, 0.15) is 132 Å². The van der Waals surface area contributed by atoms with E-state index >= 15 is 0 Å². The molecule has 3 nitrogen and oxygen atoms in total. The Labute approximate surface area is 309 Å². The van der Waals surface area contributed by atoms with Gasteiger partial charge in [0.25, 0.3) is 0 Å². The Balaban J connectivity index is 0.000000433. The van der Waals surface area contributed by atoms with Crippen LogP contribution in [0.5, 0.6) is 0 Å². The third-order valence-electron chi connectivity index (χ3n) is 14.1. The summed E-state index contributed by atoms with van der Waals surface area (Å²) < 4.78 is 14.5. The lowest BCUT2D eigenvalue weighted by Crippen LogP contribution is -2.62. The molecule has 0 heterocycles. The van der Waals surface area contributed by atoms with E-state index in [4.69, 9.17) is 10.5 Å². The Morgan fingerprint density at radius 2 is 1.66 bits per heavy atom. The lowest BCUT2D eigenvalue weighted by atomic mass is 9.41. The van der Waals surface area contributed by atoms with Gasteiger partial charge in [0, 0.05) is 5.54 Å². The maximum Gasteiger partial charge on any atom is 0.108 e. The van der Waals surface area contributed by atoms with Crippen molar-refractivity contribution in [2.24, 2.45) is 58.0 Å². The molecule has 284 valence electrons. The van der Waals surface area contributed by atoms with Crippen molar-refractivity contribution in [3.63, 3.8) is 0 Å². The number of hydrogen-bond donors (Lipinski definition) is 2. The second kappa shape index (κ2) is 20.8. The van der Waals surface area contributed by atoms with Crippen LogP contribution in [0.15, 0.2) is 59.9 Å². The molecule has 4 saturated carbocycles. The molecule has 0 bridgehead atoms. The van der Waals surface area contributed by atoms with Crippen LogP contribution in [-0.2, 0) is 4.74 Å². The van der Waals surface area contributed by atoms with Crippen molar-refractivity contribution < 1.29 is 9.13 Å². The Morgan fingerprint density at radius 3 is 2.26 bits per heavy atom. The van der Waals surface area contributed by atoms with Gasteiger partial charge in [-0.3, -0.25) is 4.39 Å². The van der Waals surface area contributed by atoms with Crippen molar-refractivity contribution in [3.8, 4) is 12.8 Å².